The van der Waals surface area contributed by atoms with Crippen molar-refractivity contribution in [2.45, 2.75) is 6.54 Å². The molecule has 1 aromatic carbocycles. The average Bonchev–Trinajstić information content (AvgIpc) is 1.97. The van der Waals surface area contributed by atoms with Crippen LogP contribution < -0.4 is 5.32 Å². The van der Waals surface area contributed by atoms with E-state index in [9.17, 15) is 8.78 Å². The van der Waals surface area contributed by atoms with Crippen molar-refractivity contribution >= 4 is 0 Å². The van der Waals surface area contributed by atoms with Crippen molar-refractivity contribution in [3.05, 3.63) is 35.4 Å². The smallest absolute Gasteiger partial charge is 0.130 e. The van der Waals surface area contributed by atoms with E-state index in [1.165, 1.54) is 18.2 Å². The molecule has 0 radical (unpaired) electrons. The topological polar surface area (TPSA) is 12.0 Å². The Kier molecular flexibility index (Phi) is 2.54. The van der Waals surface area contributed by atoms with E-state index in [0.29, 0.717) is 0 Å². The molecule has 1 rings (SSSR count). The van der Waals surface area contributed by atoms with Gasteiger partial charge in [0.1, 0.15) is 11.6 Å². The third-order valence-electron chi connectivity index (χ3n) is 1.42. The standard InChI is InChI=1S/C8H9F2N/c1-11-5-6-7(9)3-2-4-8(6)10/h2-4,11H,5H2,1H3. The Hall–Kier alpha value is -0.960. The summed E-state index contributed by atoms with van der Waals surface area (Å²) in [5, 5.41) is 2.69. The first-order chi connectivity index (χ1) is 5.25. The van der Waals surface area contributed by atoms with Gasteiger partial charge in [0.25, 0.3) is 0 Å². The normalized spacial score (nSPS) is 10.1. The summed E-state index contributed by atoms with van der Waals surface area (Å²) >= 11 is 0. The van der Waals surface area contributed by atoms with Gasteiger partial charge in [-0.1, -0.05) is 6.07 Å². The van der Waals surface area contributed by atoms with Crippen molar-refractivity contribution in [3.63, 3.8) is 0 Å². The molecule has 0 aliphatic heterocycles. The fourth-order valence-corrected chi connectivity index (χ4v) is 0.878. The molecule has 0 aromatic heterocycles. The molecule has 1 nitrogen and oxygen atoms in total. The van der Waals surface area contributed by atoms with Gasteiger partial charge in [-0.15, -0.1) is 0 Å². The third kappa shape index (κ3) is 1.74. The van der Waals surface area contributed by atoms with Crippen LogP contribution in [0.2, 0.25) is 0 Å². The first-order valence-corrected chi connectivity index (χ1v) is 3.33. The van der Waals surface area contributed by atoms with Crippen LogP contribution in [0.25, 0.3) is 0 Å². The molecule has 0 amide bonds. The largest absolute Gasteiger partial charge is 0.315 e. The summed E-state index contributed by atoms with van der Waals surface area (Å²) in [6.45, 7) is 0.221. The molecule has 0 atom stereocenters. The van der Waals surface area contributed by atoms with Crippen LogP contribution in [0.5, 0.6) is 0 Å². The molecule has 0 bridgehead atoms. The van der Waals surface area contributed by atoms with Gasteiger partial charge in [0.15, 0.2) is 0 Å². The van der Waals surface area contributed by atoms with Crippen LogP contribution in [-0.2, 0) is 6.54 Å². The first kappa shape index (κ1) is 8.14. The maximum Gasteiger partial charge on any atom is 0.130 e. The molecule has 1 N–H and O–H groups in total. The Bertz CT molecular complexity index is 228. The van der Waals surface area contributed by atoms with Gasteiger partial charge in [0.05, 0.1) is 0 Å². The number of rotatable bonds is 2. The minimum atomic E-state index is -0.501. The molecule has 0 saturated heterocycles. The van der Waals surface area contributed by atoms with Crippen molar-refractivity contribution in [2.24, 2.45) is 0 Å². The fourth-order valence-electron chi connectivity index (χ4n) is 0.878. The summed E-state index contributed by atoms with van der Waals surface area (Å²) in [7, 11) is 1.64. The molecule has 0 aliphatic carbocycles. The highest BCUT2D eigenvalue weighted by Crippen LogP contribution is 2.10. The monoisotopic (exact) mass is 157 g/mol. The molecule has 60 valence electrons. The summed E-state index contributed by atoms with van der Waals surface area (Å²) in [5.41, 5.74) is 0.0926. The van der Waals surface area contributed by atoms with Gasteiger partial charge >= 0.3 is 0 Å². The summed E-state index contributed by atoms with van der Waals surface area (Å²) in [6, 6.07) is 3.84. The number of hydrogen-bond acceptors (Lipinski definition) is 1. The van der Waals surface area contributed by atoms with Gasteiger partial charge in [0.2, 0.25) is 0 Å². The van der Waals surface area contributed by atoms with Crippen molar-refractivity contribution in [1.82, 2.24) is 5.32 Å². The first-order valence-electron chi connectivity index (χ1n) is 3.33. The molecule has 0 heterocycles. The van der Waals surface area contributed by atoms with Crippen molar-refractivity contribution in [2.75, 3.05) is 7.05 Å². The lowest BCUT2D eigenvalue weighted by Crippen LogP contribution is -2.08. The van der Waals surface area contributed by atoms with Crippen LogP contribution in [0.15, 0.2) is 18.2 Å². The van der Waals surface area contributed by atoms with Gasteiger partial charge in [-0.2, -0.15) is 0 Å². The molecule has 3 heteroatoms. The highest BCUT2D eigenvalue weighted by Gasteiger charge is 2.05. The fraction of sp³-hybridized carbons (Fsp3) is 0.250. The van der Waals surface area contributed by atoms with E-state index in [2.05, 4.69) is 5.32 Å². The minimum absolute atomic E-state index is 0.0926. The zero-order valence-corrected chi connectivity index (χ0v) is 6.20. The highest BCUT2D eigenvalue weighted by atomic mass is 19.1. The highest BCUT2D eigenvalue weighted by molar-refractivity contribution is 5.19. The molecular weight excluding hydrogens is 148 g/mol. The molecule has 11 heavy (non-hydrogen) atoms. The summed E-state index contributed by atoms with van der Waals surface area (Å²) in [4.78, 5) is 0. The van der Waals surface area contributed by atoms with Gasteiger partial charge in [-0.3, -0.25) is 0 Å². The second kappa shape index (κ2) is 3.44. The maximum absolute atomic E-state index is 12.8. The second-order valence-electron chi connectivity index (χ2n) is 2.23. The quantitative estimate of drug-likeness (QED) is 0.688. The lowest BCUT2D eigenvalue weighted by Gasteiger charge is -2.02. The van der Waals surface area contributed by atoms with Crippen molar-refractivity contribution in [3.8, 4) is 0 Å². The Morgan fingerprint density at radius 3 is 2.27 bits per heavy atom. The molecule has 0 saturated carbocycles. The summed E-state index contributed by atoms with van der Waals surface area (Å²) in [5.74, 6) is -1.00. The molecule has 0 fully saturated rings. The predicted molar refractivity (Wildman–Crippen MR) is 39.1 cm³/mol. The van der Waals surface area contributed by atoms with Crippen LogP contribution in [0, 0.1) is 11.6 Å². The van der Waals surface area contributed by atoms with E-state index < -0.39 is 11.6 Å². The third-order valence-corrected chi connectivity index (χ3v) is 1.42. The molecule has 0 unspecified atom stereocenters. The minimum Gasteiger partial charge on any atom is -0.315 e. The van der Waals surface area contributed by atoms with Crippen LogP contribution in [0.3, 0.4) is 0 Å². The van der Waals surface area contributed by atoms with Crippen LogP contribution >= 0.6 is 0 Å². The number of nitrogens with one attached hydrogen (secondary N) is 1. The lowest BCUT2D eigenvalue weighted by molar-refractivity contribution is 0.546. The van der Waals surface area contributed by atoms with Crippen molar-refractivity contribution < 1.29 is 8.78 Å². The van der Waals surface area contributed by atoms with Crippen LogP contribution in [0.4, 0.5) is 8.78 Å². The van der Waals surface area contributed by atoms with E-state index in [1.807, 2.05) is 0 Å². The van der Waals surface area contributed by atoms with E-state index in [0.717, 1.165) is 0 Å². The lowest BCUT2D eigenvalue weighted by atomic mass is 10.2. The number of hydrogen-bond donors (Lipinski definition) is 1. The van der Waals surface area contributed by atoms with E-state index in [-0.39, 0.29) is 12.1 Å². The van der Waals surface area contributed by atoms with Crippen molar-refractivity contribution in [1.29, 1.82) is 0 Å². The maximum atomic E-state index is 12.8. The average molecular weight is 157 g/mol. The Morgan fingerprint density at radius 2 is 1.82 bits per heavy atom. The SMILES string of the molecule is CNCc1c(F)cccc1F. The van der Waals surface area contributed by atoms with Gasteiger partial charge in [0, 0.05) is 12.1 Å². The van der Waals surface area contributed by atoms with Crippen LogP contribution in [0.1, 0.15) is 5.56 Å². The Balaban J connectivity index is 3.00. The summed E-state index contributed by atoms with van der Waals surface area (Å²) < 4.78 is 25.5. The Labute approximate surface area is 64.0 Å². The van der Waals surface area contributed by atoms with Crippen LogP contribution in [-0.4, -0.2) is 7.05 Å². The molecule has 0 aliphatic rings. The predicted octanol–water partition coefficient (Wildman–Crippen LogP) is 1.68. The number of halogens is 2. The Morgan fingerprint density at radius 1 is 1.27 bits per heavy atom. The summed E-state index contributed by atoms with van der Waals surface area (Å²) in [6.07, 6.45) is 0. The molecular formula is C8H9F2N. The van der Waals surface area contributed by atoms with E-state index in [4.69, 9.17) is 0 Å². The molecule has 1 aromatic rings. The zero-order chi connectivity index (χ0) is 8.27. The van der Waals surface area contributed by atoms with Gasteiger partial charge in [-0.05, 0) is 19.2 Å². The van der Waals surface area contributed by atoms with E-state index >= 15 is 0 Å². The molecule has 0 spiro atoms. The van der Waals surface area contributed by atoms with Gasteiger partial charge < -0.3 is 5.32 Å². The second-order valence-corrected chi connectivity index (χ2v) is 2.23. The van der Waals surface area contributed by atoms with Gasteiger partial charge in [-0.25, -0.2) is 8.78 Å². The zero-order valence-electron chi connectivity index (χ0n) is 6.20. The number of benzene rings is 1. The van der Waals surface area contributed by atoms with E-state index in [1.54, 1.807) is 7.05 Å².